The van der Waals surface area contributed by atoms with Crippen molar-refractivity contribution in [2.75, 3.05) is 5.73 Å². The van der Waals surface area contributed by atoms with Gasteiger partial charge in [-0.1, -0.05) is 0 Å². The number of hydrogen-bond donors (Lipinski definition) is 2. The lowest BCUT2D eigenvalue weighted by molar-refractivity contribution is 0.628. The number of fused-ring (bicyclic) bond motifs is 1. The molecule has 4 heteroatoms. The van der Waals surface area contributed by atoms with Crippen LogP contribution in [0.3, 0.4) is 0 Å². The van der Waals surface area contributed by atoms with Gasteiger partial charge in [-0.3, -0.25) is 5.10 Å². The maximum absolute atomic E-state index is 12.9. The van der Waals surface area contributed by atoms with E-state index in [1.165, 1.54) is 12.1 Å². The summed E-state index contributed by atoms with van der Waals surface area (Å²) in [4.78, 5) is 0. The Bertz CT molecular complexity index is 433. The molecule has 0 unspecified atom stereocenters. The molecule has 0 fully saturated rings. The molecule has 0 spiro atoms. The van der Waals surface area contributed by atoms with Crippen molar-refractivity contribution in [1.29, 1.82) is 0 Å². The predicted octanol–water partition coefficient (Wildman–Crippen LogP) is 1.59. The molecule has 1 heterocycles. The number of nitrogens with one attached hydrogen (secondary N) is 1. The molecule has 0 amide bonds. The second-order valence-electron chi connectivity index (χ2n) is 2.75. The Morgan fingerprint density at radius 2 is 2.25 bits per heavy atom. The van der Waals surface area contributed by atoms with Crippen molar-refractivity contribution < 1.29 is 4.39 Å². The van der Waals surface area contributed by atoms with Gasteiger partial charge >= 0.3 is 0 Å². The van der Waals surface area contributed by atoms with E-state index in [1.807, 2.05) is 6.92 Å². The van der Waals surface area contributed by atoms with Crippen molar-refractivity contribution in [1.82, 2.24) is 10.2 Å². The number of nitrogens with two attached hydrogens (primary N) is 1. The van der Waals surface area contributed by atoms with Crippen LogP contribution in [0.4, 0.5) is 10.2 Å². The monoisotopic (exact) mass is 165 g/mol. The number of nitrogens with zero attached hydrogens (tertiary/aromatic N) is 1. The van der Waals surface area contributed by atoms with Crippen molar-refractivity contribution in [3.8, 4) is 0 Å². The fourth-order valence-electron chi connectivity index (χ4n) is 1.27. The summed E-state index contributed by atoms with van der Waals surface area (Å²) in [5, 5.41) is 7.17. The summed E-state index contributed by atoms with van der Waals surface area (Å²) in [5.41, 5.74) is 7.12. The summed E-state index contributed by atoms with van der Waals surface area (Å²) in [6.45, 7) is 1.81. The normalized spacial score (nSPS) is 10.8. The highest BCUT2D eigenvalue weighted by atomic mass is 19.1. The third kappa shape index (κ3) is 0.845. The highest BCUT2D eigenvalue weighted by Gasteiger charge is 2.05. The molecule has 3 nitrogen and oxygen atoms in total. The van der Waals surface area contributed by atoms with Gasteiger partial charge < -0.3 is 5.73 Å². The first-order valence-electron chi connectivity index (χ1n) is 3.58. The van der Waals surface area contributed by atoms with E-state index in [2.05, 4.69) is 10.2 Å². The van der Waals surface area contributed by atoms with E-state index >= 15 is 0 Å². The molecule has 0 aliphatic heterocycles. The van der Waals surface area contributed by atoms with E-state index in [0.717, 1.165) is 11.1 Å². The number of anilines is 1. The molecule has 0 saturated carbocycles. The molecule has 2 aromatic rings. The van der Waals surface area contributed by atoms with Gasteiger partial charge in [0, 0.05) is 5.39 Å². The molecule has 1 aromatic heterocycles. The average Bonchev–Trinajstić information content (AvgIpc) is 2.33. The molecule has 0 radical (unpaired) electrons. The zero-order chi connectivity index (χ0) is 8.72. The maximum atomic E-state index is 12.9. The minimum atomic E-state index is -0.284. The molecule has 0 bridgehead atoms. The smallest absolute Gasteiger partial charge is 0.153 e. The summed E-state index contributed by atoms with van der Waals surface area (Å²) >= 11 is 0. The van der Waals surface area contributed by atoms with Gasteiger partial charge in [-0.15, -0.1) is 0 Å². The van der Waals surface area contributed by atoms with Gasteiger partial charge in [-0.05, 0) is 24.6 Å². The van der Waals surface area contributed by atoms with E-state index in [4.69, 9.17) is 5.73 Å². The van der Waals surface area contributed by atoms with Gasteiger partial charge in [0.05, 0.1) is 5.52 Å². The Labute approximate surface area is 68.4 Å². The lowest BCUT2D eigenvalue weighted by Gasteiger charge is -1.95. The number of hydrogen-bond acceptors (Lipinski definition) is 2. The second-order valence-corrected chi connectivity index (χ2v) is 2.75. The number of aromatic nitrogens is 2. The van der Waals surface area contributed by atoms with Crippen LogP contribution in [0.2, 0.25) is 0 Å². The fourth-order valence-corrected chi connectivity index (χ4v) is 1.27. The Morgan fingerprint density at radius 3 is 3.00 bits per heavy atom. The third-order valence-corrected chi connectivity index (χ3v) is 1.86. The van der Waals surface area contributed by atoms with Gasteiger partial charge in [0.15, 0.2) is 5.82 Å². The van der Waals surface area contributed by atoms with E-state index in [0.29, 0.717) is 11.2 Å². The van der Waals surface area contributed by atoms with Crippen LogP contribution in [-0.4, -0.2) is 10.2 Å². The van der Waals surface area contributed by atoms with E-state index < -0.39 is 0 Å². The third-order valence-electron chi connectivity index (χ3n) is 1.86. The quantitative estimate of drug-likeness (QED) is 0.622. The molecule has 0 saturated heterocycles. The number of aromatic amines is 1. The second kappa shape index (κ2) is 2.20. The van der Waals surface area contributed by atoms with Gasteiger partial charge in [-0.25, -0.2) is 4.39 Å². The lowest BCUT2D eigenvalue weighted by atomic mass is 10.1. The molecule has 3 N–H and O–H groups in total. The number of halogens is 1. The summed E-state index contributed by atoms with van der Waals surface area (Å²) in [5.74, 6) is 0.0562. The molecule has 0 aliphatic carbocycles. The topological polar surface area (TPSA) is 54.7 Å². The van der Waals surface area contributed by atoms with Crippen molar-refractivity contribution >= 4 is 16.7 Å². The van der Waals surface area contributed by atoms with E-state index in [-0.39, 0.29) is 5.82 Å². The SMILES string of the molecule is Cc1cc(F)cc2c(N)n[nH]c12. The van der Waals surface area contributed by atoms with Crippen molar-refractivity contribution in [3.05, 3.63) is 23.5 Å². The summed E-state index contributed by atoms with van der Waals surface area (Å²) < 4.78 is 12.9. The minimum Gasteiger partial charge on any atom is -0.382 e. The van der Waals surface area contributed by atoms with Crippen LogP contribution in [0.25, 0.3) is 10.9 Å². The van der Waals surface area contributed by atoms with Crippen LogP contribution in [0.1, 0.15) is 5.56 Å². The molecular formula is C8H8FN3. The molecule has 2 rings (SSSR count). The summed E-state index contributed by atoms with van der Waals surface area (Å²) in [6, 6.07) is 2.82. The van der Waals surface area contributed by atoms with Gasteiger partial charge in [0.1, 0.15) is 5.82 Å². The molecule has 1 aromatic carbocycles. The molecule has 0 aliphatic rings. The molecule has 62 valence electrons. The standard InChI is InChI=1S/C8H8FN3/c1-4-2-5(9)3-6-7(4)11-12-8(6)10/h2-3H,1H3,(H3,10,11,12). The van der Waals surface area contributed by atoms with Crippen LogP contribution < -0.4 is 5.73 Å². The first kappa shape index (κ1) is 7.09. The van der Waals surface area contributed by atoms with Gasteiger partial charge in [0.25, 0.3) is 0 Å². The van der Waals surface area contributed by atoms with Gasteiger partial charge in [0.2, 0.25) is 0 Å². The zero-order valence-electron chi connectivity index (χ0n) is 6.56. The Balaban J connectivity index is 2.92. The van der Waals surface area contributed by atoms with Crippen LogP contribution in [0, 0.1) is 12.7 Å². The highest BCUT2D eigenvalue weighted by molar-refractivity contribution is 5.90. The van der Waals surface area contributed by atoms with Crippen molar-refractivity contribution in [2.45, 2.75) is 6.92 Å². The molecular weight excluding hydrogens is 157 g/mol. The fraction of sp³-hybridized carbons (Fsp3) is 0.125. The number of H-pyrrole nitrogens is 1. The van der Waals surface area contributed by atoms with Gasteiger partial charge in [-0.2, -0.15) is 5.10 Å². The number of nitrogen functional groups attached to an aromatic ring is 1. The molecule has 0 atom stereocenters. The minimum absolute atomic E-state index is 0.284. The van der Waals surface area contributed by atoms with E-state index in [9.17, 15) is 4.39 Å². The van der Waals surface area contributed by atoms with Crippen LogP contribution in [0.5, 0.6) is 0 Å². The van der Waals surface area contributed by atoms with Crippen molar-refractivity contribution in [3.63, 3.8) is 0 Å². The Morgan fingerprint density at radius 1 is 1.50 bits per heavy atom. The van der Waals surface area contributed by atoms with Crippen LogP contribution in [-0.2, 0) is 0 Å². The summed E-state index contributed by atoms with van der Waals surface area (Å²) in [7, 11) is 0. The Kier molecular flexibility index (Phi) is 1.30. The number of aryl methyl sites for hydroxylation is 1. The van der Waals surface area contributed by atoms with Crippen LogP contribution in [0.15, 0.2) is 12.1 Å². The number of rotatable bonds is 0. The largest absolute Gasteiger partial charge is 0.382 e. The summed E-state index contributed by atoms with van der Waals surface area (Å²) in [6.07, 6.45) is 0. The average molecular weight is 165 g/mol. The number of benzene rings is 1. The van der Waals surface area contributed by atoms with Crippen molar-refractivity contribution in [2.24, 2.45) is 0 Å². The lowest BCUT2D eigenvalue weighted by Crippen LogP contribution is -1.84. The first-order valence-corrected chi connectivity index (χ1v) is 3.58. The maximum Gasteiger partial charge on any atom is 0.153 e. The Hall–Kier alpha value is -1.58. The van der Waals surface area contributed by atoms with E-state index in [1.54, 1.807) is 0 Å². The zero-order valence-corrected chi connectivity index (χ0v) is 6.56. The van der Waals surface area contributed by atoms with Crippen LogP contribution >= 0.6 is 0 Å². The molecule has 12 heavy (non-hydrogen) atoms. The highest BCUT2D eigenvalue weighted by Crippen LogP contribution is 2.21. The first-order chi connectivity index (χ1) is 5.68. The predicted molar refractivity (Wildman–Crippen MR) is 45.2 cm³/mol.